The minimum absolute atomic E-state index is 0.00154. The van der Waals surface area contributed by atoms with Gasteiger partial charge in [0, 0.05) is 54.6 Å². The molecule has 2 aliphatic rings. The molecule has 3 amide bonds. The zero-order valence-corrected chi connectivity index (χ0v) is 15.8. The molecule has 2 aromatic carbocycles. The molecule has 0 aromatic heterocycles. The van der Waals surface area contributed by atoms with Crippen molar-refractivity contribution in [1.82, 2.24) is 10.2 Å². The second-order valence-corrected chi connectivity index (χ2v) is 6.96. The van der Waals surface area contributed by atoms with Gasteiger partial charge in [-0.2, -0.15) is 0 Å². The molecule has 150 valence electrons. The maximum absolute atomic E-state index is 14.1. The molecular formula is C21H21FN4O3. The molecule has 0 unspecified atom stereocenters. The average molecular weight is 397 g/mol. The highest BCUT2D eigenvalue weighted by Crippen LogP contribution is 2.32. The third-order valence-corrected chi connectivity index (χ3v) is 5.20. The molecule has 7 nitrogen and oxygen atoms in total. The van der Waals surface area contributed by atoms with Crippen molar-refractivity contribution in [3.63, 3.8) is 0 Å². The normalized spacial score (nSPS) is 21.5. The molecule has 0 spiro atoms. The number of benzene rings is 2. The molecule has 1 atom stereocenters. The quantitative estimate of drug-likeness (QED) is 0.674. The number of amides is 3. The number of nitrogens with zero attached hydrogens (tertiary/aromatic N) is 1. The Morgan fingerprint density at radius 3 is 2.86 bits per heavy atom. The predicted molar refractivity (Wildman–Crippen MR) is 106 cm³/mol. The summed E-state index contributed by atoms with van der Waals surface area (Å²) in [5.74, 6) is -2.02. The first-order valence-corrected chi connectivity index (χ1v) is 9.31. The number of hydrogen-bond acceptors (Lipinski definition) is 5. The molecule has 29 heavy (non-hydrogen) atoms. The van der Waals surface area contributed by atoms with E-state index in [0.717, 1.165) is 5.69 Å². The van der Waals surface area contributed by atoms with Gasteiger partial charge in [0.1, 0.15) is 11.8 Å². The van der Waals surface area contributed by atoms with Gasteiger partial charge in [-0.05, 0) is 36.8 Å². The maximum Gasteiger partial charge on any atom is 0.255 e. The predicted octanol–water partition coefficient (Wildman–Crippen LogP) is 2.24. The molecular weight excluding hydrogens is 375 g/mol. The lowest BCUT2D eigenvalue weighted by Crippen LogP contribution is -2.52. The van der Waals surface area contributed by atoms with Gasteiger partial charge in [0.25, 0.3) is 5.91 Å². The summed E-state index contributed by atoms with van der Waals surface area (Å²) in [6.07, 6.45) is -0.0519. The van der Waals surface area contributed by atoms with Crippen molar-refractivity contribution in [1.29, 1.82) is 0 Å². The van der Waals surface area contributed by atoms with E-state index in [0.29, 0.717) is 22.4 Å². The Balaban J connectivity index is 1.58. The highest BCUT2D eigenvalue weighted by molar-refractivity contribution is 6.06. The Bertz CT molecular complexity index is 1060. The first-order valence-electron chi connectivity index (χ1n) is 9.81. The third-order valence-electron chi connectivity index (χ3n) is 5.20. The Labute approximate surface area is 168 Å². The Hall–Kier alpha value is -3.42. The number of fused-ring (bicyclic) bond motifs is 1. The van der Waals surface area contributed by atoms with Crippen LogP contribution in [0.2, 0.25) is 0 Å². The number of hydrogen-bond donors (Lipinski definition) is 3. The second-order valence-electron chi connectivity index (χ2n) is 6.96. The number of imide groups is 1. The van der Waals surface area contributed by atoms with Crippen LogP contribution < -0.4 is 16.0 Å². The zero-order chi connectivity index (χ0) is 21.5. The van der Waals surface area contributed by atoms with Crippen molar-refractivity contribution < 1.29 is 20.1 Å². The highest BCUT2D eigenvalue weighted by atomic mass is 19.1. The fourth-order valence-corrected chi connectivity index (χ4v) is 3.64. The minimum atomic E-state index is -1.84. The Morgan fingerprint density at radius 1 is 1.28 bits per heavy atom. The summed E-state index contributed by atoms with van der Waals surface area (Å²) in [5.41, 5.74) is 2.91. The van der Waals surface area contributed by atoms with Gasteiger partial charge >= 0.3 is 0 Å². The smallest absolute Gasteiger partial charge is 0.255 e. The van der Waals surface area contributed by atoms with Gasteiger partial charge in [-0.1, -0.05) is 6.07 Å². The minimum Gasteiger partial charge on any atom is -0.388 e. The van der Waals surface area contributed by atoms with Gasteiger partial charge in [-0.3, -0.25) is 19.7 Å². The third kappa shape index (κ3) is 3.53. The molecule has 0 radical (unpaired) electrons. The number of nitrogens with one attached hydrogen (secondary N) is 3. The molecule has 1 saturated heterocycles. The van der Waals surface area contributed by atoms with Gasteiger partial charge in [-0.25, -0.2) is 4.39 Å². The van der Waals surface area contributed by atoms with E-state index in [1.165, 1.54) is 11.0 Å². The van der Waals surface area contributed by atoms with Crippen molar-refractivity contribution in [3.8, 4) is 0 Å². The van der Waals surface area contributed by atoms with Crippen LogP contribution in [0.4, 0.5) is 15.8 Å². The number of carbonyl (C=O) groups excluding carboxylic acids is 3. The number of carbonyl (C=O) groups is 3. The number of halogens is 1. The summed E-state index contributed by atoms with van der Waals surface area (Å²) in [4.78, 5) is 37.9. The van der Waals surface area contributed by atoms with Crippen molar-refractivity contribution >= 4 is 29.1 Å². The van der Waals surface area contributed by atoms with Gasteiger partial charge in [0.05, 0.1) is 1.37 Å². The summed E-state index contributed by atoms with van der Waals surface area (Å²) in [6, 6.07) is 8.00. The van der Waals surface area contributed by atoms with Crippen LogP contribution in [0.25, 0.3) is 0 Å². The topological polar surface area (TPSA) is 90.5 Å². The van der Waals surface area contributed by atoms with Crippen LogP contribution in [0.3, 0.4) is 0 Å². The Kier molecular flexibility index (Phi) is 4.59. The summed E-state index contributed by atoms with van der Waals surface area (Å²) in [5, 5.41) is 8.28. The summed E-state index contributed by atoms with van der Waals surface area (Å²) in [7, 11) is 1.75. The van der Waals surface area contributed by atoms with Crippen molar-refractivity contribution in [2.45, 2.75) is 31.9 Å². The molecule has 8 heteroatoms. The van der Waals surface area contributed by atoms with Crippen molar-refractivity contribution in [2.75, 3.05) is 17.7 Å². The Morgan fingerprint density at radius 2 is 2.10 bits per heavy atom. The van der Waals surface area contributed by atoms with Crippen LogP contribution >= 0.6 is 0 Å². The number of piperidine rings is 1. The van der Waals surface area contributed by atoms with E-state index in [1.807, 2.05) is 0 Å². The lowest BCUT2D eigenvalue weighted by atomic mass is 10.0. The van der Waals surface area contributed by atoms with Crippen LogP contribution in [-0.4, -0.2) is 35.7 Å². The van der Waals surface area contributed by atoms with Crippen LogP contribution in [0.1, 0.15) is 35.7 Å². The van der Waals surface area contributed by atoms with Crippen LogP contribution in [-0.2, 0) is 22.7 Å². The standard InChI is InChI=1S/C21H21FN4O3/c1-23-13-5-6-16(22)12(9-13)10-24-17-4-2-3-14-15(17)11-26(21(14)29)18-7-8-19(27)25-20(18)28/h2-6,9,18,23-24H,7-8,10-11H2,1H3,(H,25,27,28)/t18-/m0/s1/i18D. The molecule has 2 aliphatic heterocycles. The fourth-order valence-electron chi connectivity index (χ4n) is 3.64. The summed E-state index contributed by atoms with van der Waals surface area (Å²) >= 11 is 0. The fraction of sp³-hybridized carbons (Fsp3) is 0.286. The van der Waals surface area contributed by atoms with Crippen LogP contribution in [0.15, 0.2) is 36.4 Å². The van der Waals surface area contributed by atoms with E-state index < -0.39 is 23.7 Å². The van der Waals surface area contributed by atoms with Crippen molar-refractivity contribution in [3.05, 3.63) is 58.9 Å². The van der Waals surface area contributed by atoms with E-state index in [9.17, 15) is 18.8 Å². The van der Waals surface area contributed by atoms with Crippen molar-refractivity contribution in [2.24, 2.45) is 0 Å². The maximum atomic E-state index is 14.1. The van der Waals surface area contributed by atoms with E-state index >= 15 is 0 Å². The SMILES string of the molecule is [2H][C@]1(N2Cc3c(NCc4cc(NC)ccc4F)cccc3C2=O)CCC(=O)NC1=O. The molecule has 3 N–H and O–H groups in total. The van der Waals surface area contributed by atoms with Crippen LogP contribution in [0.5, 0.6) is 0 Å². The number of rotatable bonds is 5. The highest BCUT2D eigenvalue weighted by Gasteiger charge is 2.39. The van der Waals surface area contributed by atoms with E-state index in [1.54, 1.807) is 37.4 Å². The first kappa shape index (κ1) is 17.7. The first-order chi connectivity index (χ1) is 14.3. The molecule has 0 bridgehead atoms. The molecule has 2 aromatic rings. The van der Waals surface area contributed by atoms with E-state index in [-0.39, 0.29) is 31.7 Å². The average Bonchev–Trinajstić information content (AvgIpc) is 3.08. The lowest BCUT2D eigenvalue weighted by Gasteiger charge is -2.29. The summed E-state index contributed by atoms with van der Waals surface area (Å²) in [6.45, 7) is 0.258. The van der Waals surface area contributed by atoms with E-state index in [2.05, 4.69) is 16.0 Å². The monoisotopic (exact) mass is 397 g/mol. The van der Waals surface area contributed by atoms with Gasteiger partial charge in [0.2, 0.25) is 11.8 Å². The van der Waals surface area contributed by atoms with Gasteiger partial charge < -0.3 is 15.5 Å². The molecule has 0 aliphatic carbocycles. The van der Waals surface area contributed by atoms with Gasteiger partial charge in [0.15, 0.2) is 0 Å². The van der Waals surface area contributed by atoms with Crippen LogP contribution in [0, 0.1) is 5.82 Å². The van der Waals surface area contributed by atoms with Gasteiger partial charge in [-0.15, -0.1) is 0 Å². The second kappa shape index (κ2) is 7.54. The molecule has 4 rings (SSSR count). The summed E-state index contributed by atoms with van der Waals surface area (Å²) < 4.78 is 22.7. The van der Waals surface area contributed by atoms with E-state index in [4.69, 9.17) is 1.37 Å². The zero-order valence-electron chi connectivity index (χ0n) is 16.8. The number of anilines is 2. The molecule has 1 fully saturated rings. The molecule has 2 heterocycles. The molecule has 0 saturated carbocycles. The largest absolute Gasteiger partial charge is 0.388 e. The lowest BCUT2D eigenvalue weighted by molar-refractivity contribution is -0.136.